The van der Waals surface area contributed by atoms with E-state index in [-0.39, 0.29) is 18.9 Å². The molecule has 3 fully saturated rings. The van der Waals surface area contributed by atoms with Crippen molar-refractivity contribution in [3.8, 4) is 0 Å². The Morgan fingerprint density at radius 3 is 1.18 bits per heavy atom. The van der Waals surface area contributed by atoms with Crippen molar-refractivity contribution in [3.63, 3.8) is 0 Å². The SMILES string of the molecule is CCCCCCCC/C=C/C(O)C(COC1OC(CO)C(OC2OC(CO)C(OC3OC(CO)C(O)C(O)C3O)C(O)C2O)C(O)C1O)NC(=O)CCCCCCCCCCCCCCCCCCC/C=C\CCCCCCCCCC. The molecule has 3 saturated heterocycles. The van der Waals surface area contributed by atoms with Crippen molar-refractivity contribution in [1.29, 1.82) is 0 Å². The Balaban J connectivity index is 1.35. The van der Waals surface area contributed by atoms with E-state index >= 15 is 0 Å². The van der Waals surface area contributed by atoms with Gasteiger partial charge in [-0.3, -0.25) is 4.79 Å². The number of amides is 1. The van der Waals surface area contributed by atoms with Gasteiger partial charge in [0.05, 0.1) is 38.6 Å². The molecule has 3 aliphatic heterocycles. The fourth-order valence-corrected chi connectivity index (χ4v) is 11.1. The standard InChI is InChI=1S/C63H117NO18/c1-3-5-7-9-11-13-14-15-16-17-18-19-20-21-22-23-24-25-26-27-28-29-30-31-32-33-35-37-39-41-51(69)64-46(47(68)40-38-36-34-12-10-8-6-4-2)45-77-61-57(75)54(72)59(49(43-66)79-61)82-63-58(76)55(73)60(50(44-67)80-63)81-62-56(74)53(71)52(70)48(42-65)78-62/h17-18,38,40,46-50,52-63,65-68,70-76H,3-16,19-37,39,41-45H2,1-2H3,(H,64,69)/b18-17-,40-38+. The molecule has 19 nitrogen and oxygen atoms in total. The van der Waals surface area contributed by atoms with E-state index in [1.54, 1.807) is 6.08 Å². The fraction of sp³-hybridized carbons (Fsp3) is 0.921. The second-order valence-electron chi connectivity index (χ2n) is 23.6. The summed E-state index contributed by atoms with van der Waals surface area (Å²) in [6, 6.07) is -0.967. The Morgan fingerprint density at radius 1 is 0.427 bits per heavy atom. The van der Waals surface area contributed by atoms with E-state index in [9.17, 15) is 61.0 Å². The van der Waals surface area contributed by atoms with Gasteiger partial charge in [-0.2, -0.15) is 0 Å². The molecule has 0 saturated carbocycles. The molecular formula is C63H117NO18. The molecule has 3 rings (SSSR count). The molecule has 0 aliphatic carbocycles. The van der Waals surface area contributed by atoms with Gasteiger partial charge in [-0.15, -0.1) is 0 Å². The van der Waals surface area contributed by atoms with E-state index in [4.69, 9.17) is 28.4 Å². The van der Waals surface area contributed by atoms with Crippen molar-refractivity contribution < 1.29 is 89.4 Å². The first-order valence-corrected chi connectivity index (χ1v) is 32.6. The Labute approximate surface area is 492 Å². The molecule has 0 aromatic rings. The number of ether oxygens (including phenoxy) is 6. The molecule has 82 heavy (non-hydrogen) atoms. The number of hydrogen-bond acceptors (Lipinski definition) is 18. The summed E-state index contributed by atoms with van der Waals surface area (Å²) in [7, 11) is 0. The van der Waals surface area contributed by atoms with E-state index in [0.717, 1.165) is 51.4 Å². The third kappa shape index (κ3) is 29.3. The highest BCUT2D eigenvalue weighted by molar-refractivity contribution is 5.76. The zero-order valence-corrected chi connectivity index (χ0v) is 50.5. The van der Waals surface area contributed by atoms with Crippen LogP contribution < -0.4 is 5.32 Å². The van der Waals surface area contributed by atoms with Crippen LogP contribution in [0.15, 0.2) is 24.3 Å². The zero-order valence-electron chi connectivity index (χ0n) is 50.5. The molecule has 1 amide bonds. The molecule has 0 radical (unpaired) electrons. The summed E-state index contributed by atoms with van der Waals surface area (Å²) >= 11 is 0. The van der Waals surface area contributed by atoms with Crippen molar-refractivity contribution >= 4 is 5.91 Å². The molecular weight excluding hydrogens is 1060 g/mol. The van der Waals surface area contributed by atoms with E-state index in [2.05, 4.69) is 31.3 Å². The van der Waals surface area contributed by atoms with E-state index in [1.165, 1.54) is 161 Å². The lowest BCUT2D eigenvalue weighted by molar-refractivity contribution is -0.379. The maximum Gasteiger partial charge on any atom is 0.220 e. The number of aliphatic hydroxyl groups excluding tert-OH is 11. The van der Waals surface area contributed by atoms with Gasteiger partial charge in [0.25, 0.3) is 0 Å². The van der Waals surface area contributed by atoms with Crippen LogP contribution in [0.2, 0.25) is 0 Å². The quantitative estimate of drug-likeness (QED) is 0.0213. The number of rotatable bonds is 49. The first kappa shape index (κ1) is 74.5. The lowest BCUT2D eigenvalue weighted by atomic mass is 9.96. The monoisotopic (exact) mass is 1180 g/mol. The van der Waals surface area contributed by atoms with Gasteiger partial charge in [0.15, 0.2) is 18.9 Å². The summed E-state index contributed by atoms with van der Waals surface area (Å²) in [5.74, 6) is -0.276. The normalized spacial score (nSPS) is 29.7. The summed E-state index contributed by atoms with van der Waals surface area (Å²) < 4.78 is 34.2. The summed E-state index contributed by atoms with van der Waals surface area (Å²) in [6.07, 6.45) is 23.6. The van der Waals surface area contributed by atoms with Crippen LogP contribution in [-0.4, -0.2) is 193 Å². The topological polar surface area (TPSA) is 307 Å². The van der Waals surface area contributed by atoms with Crippen LogP contribution in [0.25, 0.3) is 0 Å². The van der Waals surface area contributed by atoms with Crippen molar-refractivity contribution in [3.05, 3.63) is 24.3 Å². The number of carbonyl (C=O) groups is 1. The highest BCUT2D eigenvalue weighted by Crippen LogP contribution is 2.33. The van der Waals surface area contributed by atoms with Gasteiger partial charge in [-0.1, -0.05) is 212 Å². The van der Waals surface area contributed by atoms with Gasteiger partial charge >= 0.3 is 0 Å². The van der Waals surface area contributed by atoms with Gasteiger partial charge in [-0.25, -0.2) is 0 Å². The molecule has 482 valence electrons. The van der Waals surface area contributed by atoms with Crippen molar-refractivity contribution in [1.82, 2.24) is 5.32 Å². The van der Waals surface area contributed by atoms with Crippen LogP contribution in [0.4, 0.5) is 0 Å². The van der Waals surface area contributed by atoms with Crippen molar-refractivity contribution in [2.24, 2.45) is 0 Å². The predicted molar refractivity (Wildman–Crippen MR) is 314 cm³/mol. The van der Waals surface area contributed by atoms with E-state index < -0.39 is 124 Å². The third-order valence-electron chi connectivity index (χ3n) is 16.5. The van der Waals surface area contributed by atoms with Crippen LogP contribution in [0, 0.1) is 0 Å². The van der Waals surface area contributed by atoms with Gasteiger partial charge in [0.1, 0.15) is 73.2 Å². The zero-order chi connectivity index (χ0) is 59.7. The smallest absolute Gasteiger partial charge is 0.220 e. The maximum atomic E-state index is 13.3. The molecule has 0 aromatic heterocycles. The molecule has 3 heterocycles. The number of carbonyl (C=O) groups excluding carboxylic acids is 1. The first-order valence-electron chi connectivity index (χ1n) is 32.6. The first-order chi connectivity index (χ1) is 39.8. The van der Waals surface area contributed by atoms with Gasteiger partial charge in [0.2, 0.25) is 5.91 Å². The average Bonchev–Trinajstić information content (AvgIpc) is 3.62. The van der Waals surface area contributed by atoms with Crippen molar-refractivity contribution in [2.75, 3.05) is 26.4 Å². The fourth-order valence-electron chi connectivity index (χ4n) is 11.1. The largest absolute Gasteiger partial charge is 0.394 e. The second kappa shape index (κ2) is 46.4. The second-order valence-corrected chi connectivity index (χ2v) is 23.6. The molecule has 17 atom stereocenters. The minimum absolute atomic E-state index is 0.246. The number of aliphatic hydroxyl groups is 11. The Kier molecular flexibility index (Phi) is 42.2. The van der Waals surface area contributed by atoms with Crippen LogP contribution in [-0.2, 0) is 33.2 Å². The summed E-state index contributed by atoms with van der Waals surface area (Å²) in [5, 5.41) is 120. The Morgan fingerprint density at radius 2 is 0.768 bits per heavy atom. The number of unbranched alkanes of at least 4 members (excludes halogenated alkanes) is 31. The Bertz CT molecular complexity index is 1590. The van der Waals surface area contributed by atoms with Crippen molar-refractivity contribution in [2.45, 2.75) is 343 Å². The van der Waals surface area contributed by atoms with Crippen LogP contribution in [0.5, 0.6) is 0 Å². The molecule has 19 heteroatoms. The van der Waals surface area contributed by atoms with E-state index in [0.29, 0.717) is 6.42 Å². The lowest BCUT2D eigenvalue weighted by Gasteiger charge is -2.48. The third-order valence-corrected chi connectivity index (χ3v) is 16.5. The van der Waals surface area contributed by atoms with Crippen LogP contribution in [0.3, 0.4) is 0 Å². The molecule has 17 unspecified atom stereocenters. The van der Waals surface area contributed by atoms with Crippen LogP contribution >= 0.6 is 0 Å². The molecule has 3 aliphatic rings. The molecule has 0 aromatic carbocycles. The molecule has 0 bridgehead atoms. The van der Waals surface area contributed by atoms with Gasteiger partial charge in [0, 0.05) is 6.42 Å². The maximum absolute atomic E-state index is 13.3. The minimum Gasteiger partial charge on any atom is -0.394 e. The lowest BCUT2D eigenvalue weighted by Crippen LogP contribution is -2.66. The highest BCUT2D eigenvalue weighted by atomic mass is 16.8. The predicted octanol–water partition coefficient (Wildman–Crippen LogP) is 7.10. The summed E-state index contributed by atoms with van der Waals surface area (Å²) in [4.78, 5) is 13.3. The number of nitrogens with one attached hydrogen (secondary N) is 1. The number of hydrogen-bond donors (Lipinski definition) is 12. The number of allylic oxidation sites excluding steroid dienone is 3. The van der Waals surface area contributed by atoms with Gasteiger partial charge < -0.3 is 89.9 Å². The molecule has 12 N–H and O–H groups in total. The summed E-state index contributed by atoms with van der Waals surface area (Å²) in [5.41, 5.74) is 0. The van der Waals surface area contributed by atoms with E-state index in [1.807, 2.05) is 6.08 Å². The Hall–Kier alpha value is -1.73. The van der Waals surface area contributed by atoms with Crippen LogP contribution in [0.1, 0.15) is 239 Å². The summed E-state index contributed by atoms with van der Waals surface area (Å²) in [6.45, 7) is 1.68. The average molecular weight is 1180 g/mol. The highest BCUT2D eigenvalue weighted by Gasteiger charge is 2.53. The van der Waals surface area contributed by atoms with Gasteiger partial charge in [-0.05, 0) is 44.9 Å². The minimum atomic E-state index is -1.97. The molecule has 0 spiro atoms.